The number of aromatic nitrogens is 2. The number of nitrogens with one attached hydrogen (secondary N) is 1. The summed E-state index contributed by atoms with van der Waals surface area (Å²) in [4.78, 5) is 0. The highest BCUT2D eigenvalue weighted by Crippen LogP contribution is 2.47. The Morgan fingerprint density at radius 2 is 2.05 bits per heavy atom. The predicted octanol–water partition coefficient (Wildman–Crippen LogP) is 3.70. The van der Waals surface area contributed by atoms with E-state index in [4.69, 9.17) is 11.6 Å². The van der Waals surface area contributed by atoms with Gasteiger partial charge in [-0.05, 0) is 25.8 Å². The molecule has 20 heavy (non-hydrogen) atoms. The van der Waals surface area contributed by atoms with E-state index in [1.807, 2.05) is 0 Å². The average Bonchev–Trinajstić information content (AvgIpc) is 2.71. The third-order valence-electron chi connectivity index (χ3n) is 4.21. The van der Waals surface area contributed by atoms with Crippen molar-refractivity contribution in [2.45, 2.75) is 37.9 Å². The molecule has 114 valence electrons. The van der Waals surface area contributed by atoms with Gasteiger partial charge in [-0.2, -0.15) is 18.3 Å². The first-order valence-corrected chi connectivity index (χ1v) is 7.15. The summed E-state index contributed by atoms with van der Waals surface area (Å²) in [6, 6.07) is -0.429. The standard InChI is InChI=1S/C13H19ClF3N3/c1-18-11(12-10(14)7-19-20(12)2)8-5-3-4-6-9(8)13(15,16)17/h7-9,11,18H,3-6H2,1-2H3. The molecular weight excluding hydrogens is 291 g/mol. The van der Waals surface area contributed by atoms with Crippen molar-refractivity contribution in [3.8, 4) is 0 Å². The smallest absolute Gasteiger partial charge is 0.311 e. The molecule has 1 aromatic heterocycles. The summed E-state index contributed by atoms with van der Waals surface area (Å²) in [6.07, 6.45) is -0.474. The van der Waals surface area contributed by atoms with Crippen molar-refractivity contribution in [3.63, 3.8) is 0 Å². The van der Waals surface area contributed by atoms with Crippen LogP contribution in [0.1, 0.15) is 37.4 Å². The van der Waals surface area contributed by atoms with Crippen molar-refractivity contribution < 1.29 is 13.2 Å². The van der Waals surface area contributed by atoms with Crippen LogP contribution in [0.5, 0.6) is 0 Å². The summed E-state index contributed by atoms with van der Waals surface area (Å²) >= 11 is 6.10. The highest BCUT2D eigenvalue weighted by Gasteiger charge is 2.48. The second-order valence-electron chi connectivity index (χ2n) is 5.36. The first-order chi connectivity index (χ1) is 9.36. The van der Waals surface area contributed by atoms with E-state index in [9.17, 15) is 13.2 Å². The molecule has 1 fully saturated rings. The van der Waals surface area contributed by atoms with Gasteiger partial charge < -0.3 is 5.32 Å². The van der Waals surface area contributed by atoms with Crippen molar-refractivity contribution in [1.29, 1.82) is 0 Å². The highest BCUT2D eigenvalue weighted by molar-refractivity contribution is 6.31. The number of halogens is 4. The molecule has 1 aliphatic carbocycles. The van der Waals surface area contributed by atoms with Crippen LogP contribution >= 0.6 is 11.6 Å². The predicted molar refractivity (Wildman–Crippen MR) is 71.5 cm³/mol. The molecular formula is C13H19ClF3N3. The first-order valence-electron chi connectivity index (χ1n) is 6.77. The summed E-state index contributed by atoms with van der Waals surface area (Å²) in [7, 11) is 3.38. The quantitative estimate of drug-likeness (QED) is 0.922. The first kappa shape index (κ1) is 15.6. The molecule has 0 radical (unpaired) electrons. The van der Waals surface area contributed by atoms with E-state index in [1.165, 1.54) is 6.20 Å². The summed E-state index contributed by atoms with van der Waals surface area (Å²) in [6.45, 7) is 0. The molecule has 1 aromatic rings. The molecule has 0 aromatic carbocycles. The third-order valence-corrected chi connectivity index (χ3v) is 4.50. The van der Waals surface area contributed by atoms with E-state index in [-0.39, 0.29) is 6.42 Å². The van der Waals surface area contributed by atoms with E-state index < -0.39 is 24.1 Å². The van der Waals surface area contributed by atoms with Crippen LogP contribution < -0.4 is 5.32 Å². The van der Waals surface area contributed by atoms with E-state index in [2.05, 4.69) is 10.4 Å². The topological polar surface area (TPSA) is 29.9 Å². The zero-order valence-electron chi connectivity index (χ0n) is 11.5. The van der Waals surface area contributed by atoms with Gasteiger partial charge in [-0.25, -0.2) is 0 Å². The SMILES string of the molecule is CNC(c1c(Cl)cnn1C)C1CCCCC1C(F)(F)F. The van der Waals surface area contributed by atoms with Crippen LogP contribution in [0.25, 0.3) is 0 Å². The van der Waals surface area contributed by atoms with Crippen molar-refractivity contribution in [1.82, 2.24) is 15.1 Å². The Balaban J connectivity index is 2.34. The molecule has 1 N–H and O–H groups in total. The molecule has 1 aliphatic rings. The molecule has 1 saturated carbocycles. The van der Waals surface area contributed by atoms with E-state index in [1.54, 1.807) is 18.8 Å². The van der Waals surface area contributed by atoms with Gasteiger partial charge in [0.25, 0.3) is 0 Å². The zero-order chi connectivity index (χ0) is 14.9. The van der Waals surface area contributed by atoms with Crippen molar-refractivity contribution in [2.75, 3.05) is 7.05 Å². The number of nitrogens with zero attached hydrogens (tertiary/aromatic N) is 2. The fraction of sp³-hybridized carbons (Fsp3) is 0.769. The Bertz CT molecular complexity index is 439. The Morgan fingerprint density at radius 1 is 1.40 bits per heavy atom. The van der Waals surface area contributed by atoms with Gasteiger partial charge in [0.15, 0.2) is 0 Å². The maximum Gasteiger partial charge on any atom is 0.392 e. The van der Waals surface area contributed by atoms with Crippen LogP contribution in [0.2, 0.25) is 5.02 Å². The lowest BCUT2D eigenvalue weighted by Gasteiger charge is -2.38. The Labute approximate surface area is 121 Å². The summed E-state index contributed by atoms with van der Waals surface area (Å²) in [5.41, 5.74) is 0.635. The molecule has 0 saturated heterocycles. The van der Waals surface area contributed by atoms with E-state index in [0.29, 0.717) is 23.6 Å². The van der Waals surface area contributed by atoms with E-state index >= 15 is 0 Å². The van der Waals surface area contributed by atoms with Crippen molar-refractivity contribution >= 4 is 11.6 Å². The summed E-state index contributed by atoms with van der Waals surface area (Å²) in [5, 5.41) is 7.46. The fourth-order valence-corrected chi connectivity index (χ4v) is 3.57. The lowest BCUT2D eigenvalue weighted by atomic mass is 9.74. The van der Waals surface area contributed by atoms with Gasteiger partial charge >= 0.3 is 6.18 Å². The van der Waals surface area contributed by atoms with Crippen molar-refractivity contribution in [3.05, 3.63) is 16.9 Å². The van der Waals surface area contributed by atoms with Crippen LogP contribution in [-0.2, 0) is 7.05 Å². The molecule has 3 unspecified atom stereocenters. The normalized spacial score (nSPS) is 25.7. The zero-order valence-corrected chi connectivity index (χ0v) is 12.3. The van der Waals surface area contributed by atoms with Gasteiger partial charge in [0, 0.05) is 7.05 Å². The molecule has 2 rings (SSSR count). The van der Waals surface area contributed by atoms with Gasteiger partial charge in [-0.15, -0.1) is 0 Å². The minimum atomic E-state index is -4.16. The lowest BCUT2D eigenvalue weighted by Crippen LogP contribution is -2.40. The Hall–Kier alpha value is -0.750. The number of aryl methyl sites for hydroxylation is 1. The van der Waals surface area contributed by atoms with Gasteiger partial charge in [0.1, 0.15) is 0 Å². The van der Waals surface area contributed by atoms with Crippen LogP contribution in [0, 0.1) is 11.8 Å². The van der Waals surface area contributed by atoms with Gasteiger partial charge in [-0.3, -0.25) is 4.68 Å². The summed E-state index contributed by atoms with van der Waals surface area (Å²) in [5.74, 6) is -1.78. The van der Waals surface area contributed by atoms with Crippen LogP contribution in [0.3, 0.4) is 0 Å². The molecule has 0 aliphatic heterocycles. The number of alkyl halides is 3. The number of hydrogen-bond acceptors (Lipinski definition) is 2. The maximum absolute atomic E-state index is 13.2. The van der Waals surface area contributed by atoms with Crippen LogP contribution in [-0.4, -0.2) is 23.0 Å². The Kier molecular flexibility index (Phi) is 4.64. The average molecular weight is 310 g/mol. The molecule has 1 heterocycles. The van der Waals surface area contributed by atoms with Crippen LogP contribution in [0.15, 0.2) is 6.20 Å². The molecule has 3 atom stereocenters. The molecule has 0 amide bonds. The van der Waals surface area contributed by atoms with Crippen molar-refractivity contribution in [2.24, 2.45) is 18.9 Å². The lowest BCUT2D eigenvalue weighted by molar-refractivity contribution is -0.199. The molecule has 7 heteroatoms. The highest BCUT2D eigenvalue weighted by atomic mass is 35.5. The van der Waals surface area contributed by atoms with Gasteiger partial charge in [-0.1, -0.05) is 24.4 Å². The minimum Gasteiger partial charge on any atom is -0.311 e. The third kappa shape index (κ3) is 2.96. The number of rotatable bonds is 3. The maximum atomic E-state index is 13.2. The largest absolute Gasteiger partial charge is 0.392 e. The number of hydrogen-bond donors (Lipinski definition) is 1. The second-order valence-corrected chi connectivity index (χ2v) is 5.77. The molecule has 0 bridgehead atoms. The molecule has 0 spiro atoms. The fourth-order valence-electron chi connectivity index (χ4n) is 3.29. The van der Waals surface area contributed by atoms with Gasteiger partial charge in [0.05, 0.1) is 28.9 Å². The van der Waals surface area contributed by atoms with E-state index in [0.717, 1.165) is 6.42 Å². The molecule has 3 nitrogen and oxygen atoms in total. The monoisotopic (exact) mass is 309 g/mol. The summed E-state index contributed by atoms with van der Waals surface area (Å²) < 4.78 is 41.3. The second kappa shape index (κ2) is 5.93. The minimum absolute atomic E-state index is 0.196. The van der Waals surface area contributed by atoms with Crippen LogP contribution in [0.4, 0.5) is 13.2 Å². The van der Waals surface area contributed by atoms with Gasteiger partial charge in [0.2, 0.25) is 0 Å². The Morgan fingerprint density at radius 3 is 2.55 bits per heavy atom.